The van der Waals surface area contributed by atoms with E-state index in [0.717, 1.165) is 18.4 Å². The fraction of sp³-hybridized carbons (Fsp3) is 0.571. The Balaban J connectivity index is 1.83. The molecule has 1 nitrogen and oxygen atoms in total. The van der Waals surface area contributed by atoms with Gasteiger partial charge in [-0.2, -0.15) is 0 Å². The standard InChI is InChI=1S/C14H17F2N/c15-12-4-2-10(13(16)6-12)8-14(17)7-9-1-3-11(14)5-9/h2,4,6,9,11H,1,3,5,7-8,17H2. The molecule has 2 bridgehead atoms. The van der Waals surface area contributed by atoms with E-state index >= 15 is 0 Å². The first-order chi connectivity index (χ1) is 8.07. The maximum atomic E-state index is 13.6. The molecule has 0 saturated heterocycles. The lowest BCUT2D eigenvalue weighted by Gasteiger charge is -2.34. The van der Waals surface area contributed by atoms with Crippen LogP contribution in [0, 0.1) is 23.5 Å². The van der Waals surface area contributed by atoms with Crippen molar-refractivity contribution in [1.29, 1.82) is 0 Å². The largest absolute Gasteiger partial charge is 0.325 e. The van der Waals surface area contributed by atoms with E-state index < -0.39 is 11.6 Å². The summed E-state index contributed by atoms with van der Waals surface area (Å²) in [6.07, 6.45) is 5.17. The molecular weight excluding hydrogens is 220 g/mol. The molecule has 17 heavy (non-hydrogen) atoms. The first-order valence-electron chi connectivity index (χ1n) is 6.30. The third kappa shape index (κ3) is 1.86. The number of rotatable bonds is 2. The van der Waals surface area contributed by atoms with Crippen molar-refractivity contribution < 1.29 is 8.78 Å². The van der Waals surface area contributed by atoms with E-state index in [2.05, 4.69) is 0 Å². The number of benzene rings is 1. The Morgan fingerprint density at radius 2 is 2.12 bits per heavy atom. The summed E-state index contributed by atoms with van der Waals surface area (Å²) in [5.74, 6) is 0.272. The van der Waals surface area contributed by atoms with Crippen LogP contribution in [-0.2, 0) is 6.42 Å². The number of hydrogen-bond acceptors (Lipinski definition) is 1. The van der Waals surface area contributed by atoms with Crippen molar-refractivity contribution in [3.8, 4) is 0 Å². The Kier molecular flexibility index (Phi) is 2.47. The van der Waals surface area contributed by atoms with Gasteiger partial charge in [0.15, 0.2) is 0 Å². The summed E-state index contributed by atoms with van der Waals surface area (Å²) >= 11 is 0. The van der Waals surface area contributed by atoms with Crippen molar-refractivity contribution in [3.05, 3.63) is 35.4 Å². The van der Waals surface area contributed by atoms with Crippen LogP contribution in [0.2, 0.25) is 0 Å². The van der Waals surface area contributed by atoms with Gasteiger partial charge in [-0.05, 0) is 49.1 Å². The minimum Gasteiger partial charge on any atom is -0.325 e. The third-order valence-electron chi connectivity index (χ3n) is 4.56. The van der Waals surface area contributed by atoms with E-state index in [-0.39, 0.29) is 5.54 Å². The molecule has 0 amide bonds. The molecule has 3 unspecified atom stereocenters. The smallest absolute Gasteiger partial charge is 0.129 e. The van der Waals surface area contributed by atoms with E-state index in [0.29, 0.717) is 17.9 Å². The SMILES string of the molecule is NC1(Cc2ccc(F)cc2F)CC2CCC1C2. The van der Waals surface area contributed by atoms with Crippen LogP contribution in [0.3, 0.4) is 0 Å². The molecule has 0 radical (unpaired) electrons. The van der Waals surface area contributed by atoms with E-state index in [1.165, 1.54) is 31.4 Å². The Hall–Kier alpha value is -0.960. The molecule has 0 aromatic heterocycles. The van der Waals surface area contributed by atoms with Gasteiger partial charge >= 0.3 is 0 Å². The summed E-state index contributed by atoms with van der Waals surface area (Å²) in [4.78, 5) is 0. The van der Waals surface area contributed by atoms with Gasteiger partial charge in [0, 0.05) is 11.6 Å². The van der Waals surface area contributed by atoms with Crippen molar-refractivity contribution in [3.63, 3.8) is 0 Å². The second kappa shape index (κ2) is 3.77. The van der Waals surface area contributed by atoms with E-state index in [4.69, 9.17) is 5.73 Å². The van der Waals surface area contributed by atoms with Gasteiger partial charge in [0.25, 0.3) is 0 Å². The Morgan fingerprint density at radius 3 is 2.71 bits per heavy atom. The zero-order valence-electron chi connectivity index (χ0n) is 9.76. The molecular formula is C14H17F2N. The molecule has 2 N–H and O–H groups in total. The van der Waals surface area contributed by atoms with Gasteiger partial charge in [0.05, 0.1) is 0 Å². The van der Waals surface area contributed by atoms with Gasteiger partial charge < -0.3 is 5.73 Å². The van der Waals surface area contributed by atoms with Crippen LogP contribution in [0.15, 0.2) is 18.2 Å². The average Bonchev–Trinajstić information content (AvgIpc) is 2.82. The molecule has 0 aliphatic heterocycles. The molecule has 3 atom stereocenters. The van der Waals surface area contributed by atoms with Crippen molar-refractivity contribution in [2.24, 2.45) is 17.6 Å². The molecule has 0 spiro atoms. The number of halogens is 2. The van der Waals surface area contributed by atoms with Crippen LogP contribution < -0.4 is 5.73 Å². The maximum Gasteiger partial charge on any atom is 0.129 e. The molecule has 2 aliphatic rings. The highest BCUT2D eigenvalue weighted by molar-refractivity contribution is 5.23. The van der Waals surface area contributed by atoms with Crippen LogP contribution >= 0.6 is 0 Å². The van der Waals surface area contributed by atoms with Gasteiger partial charge in [-0.15, -0.1) is 0 Å². The lowest BCUT2D eigenvalue weighted by atomic mass is 9.77. The Morgan fingerprint density at radius 1 is 1.29 bits per heavy atom. The average molecular weight is 237 g/mol. The number of hydrogen-bond donors (Lipinski definition) is 1. The predicted molar refractivity (Wildman–Crippen MR) is 62.4 cm³/mol. The highest BCUT2D eigenvalue weighted by atomic mass is 19.1. The highest BCUT2D eigenvalue weighted by Crippen LogP contribution is 2.50. The quantitative estimate of drug-likeness (QED) is 0.840. The summed E-state index contributed by atoms with van der Waals surface area (Å²) in [5, 5.41) is 0. The molecule has 92 valence electrons. The van der Waals surface area contributed by atoms with Gasteiger partial charge in [0.2, 0.25) is 0 Å². The summed E-state index contributed by atoms with van der Waals surface area (Å²) in [5.41, 5.74) is 6.72. The molecule has 3 heteroatoms. The third-order valence-corrected chi connectivity index (χ3v) is 4.56. The fourth-order valence-corrected chi connectivity index (χ4v) is 3.72. The first kappa shape index (κ1) is 11.1. The van der Waals surface area contributed by atoms with Gasteiger partial charge in [0.1, 0.15) is 11.6 Å². The van der Waals surface area contributed by atoms with E-state index in [9.17, 15) is 8.78 Å². The van der Waals surface area contributed by atoms with Gasteiger partial charge in [-0.1, -0.05) is 12.5 Å². The number of nitrogens with two attached hydrogens (primary N) is 1. The molecule has 3 rings (SSSR count). The second-order valence-electron chi connectivity index (χ2n) is 5.73. The summed E-state index contributed by atoms with van der Waals surface area (Å²) < 4.78 is 26.5. The second-order valence-corrected chi connectivity index (χ2v) is 5.73. The molecule has 1 aromatic rings. The zero-order chi connectivity index (χ0) is 12.0. The molecule has 2 fully saturated rings. The van der Waals surface area contributed by atoms with E-state index in [1.54, 1.807) is 0 Å². The Bertz CT molecular complexity index is 446. The van der Waals surface area contributed by atoms with Gasteiger partial charge in [-0.3, -0.25) is 0 Å². The maximum absolute atomic E-state index is 13.6. The highest BCUT2D eigenvalue weighted by Gasteiger charge is 2.48. The van der Waals surface area contributed by atoms with E-state index in [1.807, 2.05) is 0 Å². The van der Waals surface area contributed by atoms with Crippen molar-refractivity contribution in [2.45, 2.75) is 37.6 Å². The normalized spacial score (nSPS) is 35.5. The van der Waals surface area contributed by atoms with Crippen LogP contribution in [0.4, 0.5) is 8.78 Å². The summed E-state index contributed by atoms with van der Waals surface area (Å²) in [6.45, 7) is 0. The zero-order valence-corrected chi connectivity index (χ0v) is 9.76. The first-order valence-corrected chi connectivity index (χ1v) is 6.30. The predicted octanol–water partition coefficient (Wildman–Crippen LogP) is 3.02. The summed E-state index contributed by atoms with van der Waals surface area (Å²) in [7, 11) is 0. The molecule has 1 aromatic carbocycles. The minimum atomic E-state index is -0.523. The topological polar surface area (TPSA) is 26.0 Å². The van der Waals surface area contributed by atoms with Gasteiger partial charge in [-0.25, -0.2) is 8.78 Å². The molecule has 2 aliphatic carbocycles. The fourth-order valence-electron chi connectivity index (χ4n) is 3.72. The molecule has 0 heterocycles. The molecule has 2 saturated carbocycles. The minimum absolute atomic E-state index is 0.262. The monoisotopic (exact) mass is 237 g/mol. The van der Waals surface area contributed by atoms with Crippen molar-refractivity contribution in [2.75, 3.05) is 0 Å². The lowest BCUT2D eigenvalue weighted by molar-refractivity contribution is 0.267. The summed E-state index contributed by atoms with van der Waals surface area (Å²) in [6, 6.07) is 3.80. The number of fused-ring (bicyclic) bond motifs is 2. The van der Waals surface area contributed by atoms with Crippen LogP contribution in [0.5, 0.6) is 0 Å². The Labute approximate surface area is 100 Å². The lowest BCUT2D eigenvalue weighted by Crippen LogP contribution is -2.47. The van der Waals surface area contributed by atoms with Crippen molar-refractivity contribution in [1.82, 2.24) is 0 Å². The van der Waals surface area contributed by atoms with Crippen LogP contribution in [0.1, 0.15) is 31.2 Å². The van der Waals surface area contributed by atoms with Crippen molar-refractivity contribution >= 4 is 0 Å². The van der Waals surface area contributed by atoms with Crippen LogP contribution in [-0.4, -0.2) is 5.54 Å². The van der Waals surface area contributed by atoms with Crippen LogP contribution in [0.25, 0.3) is 0 Å².